The van der Waals surface area contributed by atoms with Crippen LogP contribution in [0, 0.1) is 5.82 Å². The van der Waals surface area contributed by atoms with Crippen LogP contribution >= 0.6 is 10.2 Å². The molecule has 0 saturated heterocycles. The van der Waals surface area contributed by atoms with E-state index in [1.165, 1.54) is 30.9 Å². The summed E-state index contributed by atoms with van der Waals surface area (Å²) >= 11 is 0. The zero-order valence-corrected chi connectivity index (χ0v) is 18.9. The Bertz CT molecular complexity index is 1470. The van der Waals surface area contributed by atoms with Gasteiger partial charge in [-0.2, -0.15) is 5.10 Å². The van der Waals surface area contributed by atoms with Crippen LogP contribution in [0.4, 0.5) is 29.6 Å². The van der Waals surface area contributed by atoms with Gasteiger partial charge in [0.05, 0.1) is 34.2 Å². The van der Waals surface area contributed by atoms with Crippen LogP contribution in [0.3, 0.4) is 0 Å². The van der Waals surface area contributed by atoms with Crippen molar-refractivity contribution in [1.29, 1.82) is 0 Å². The molecule has 0 aliphatic heterocycles. The van der Waals surface area contributed by atoms with Crippen molar-refractivity contribution >= 4 is 43.8 Å². The summed E-state index contributed by atoms with van der Waals surface area (Å²) in [6.45, 7) is 1.48. The van der Waals surface area contributed by atoms with Gasteiger partial charge in [0.1, 0.15) is 16.5 Å². The molecular formula is C21H19F6N5OS. The van der Waals surface area contributed by atoms with Gasteiger partial charge in [0.2, 0.25) is 0 Å². The van der Waals surface area contributed by atoms with Gasteiger partial charge in [0.25, 0.3) is 5.91 Å². The molecule has 1 amide bonds. The summed E-state index contributed by atoms with van der Waals surface area (Å²) < 4.78 is 81.3. The molecule has 4 aromatic rings. The van der Waals surface area contributed by atoms with E-state index in [1.807, 2.05) is 0 Å². The van der Waals surface area contributed by atoms with Crippen LogP contribution in [0.1, 0.15) is 28.9 Å². The highest BCUT2D eigenvalue weighted by Gasteiger charge is 2.65. The minimum absolute atomic E-state index is 0.148. The van der Waals surface area contributed by atoms with Gasteiger partial charge < -0.3 is 10.6 Å². The molecule has 0 aliphatic carbocycles. The van der Waals surface area contributed by atoms with Crippen molar-refractivity contribution in [3.63, 3.8) is 0 Å². The molecule has 6 nitrogen and oxygen atoms in total. The van der Waals surface area contributed by atoms with E-state index < -0.39 is 32.9 Å². The van der Waals surface area contributed by atoms with Crippen LogP contribution in [0.2, 0.25) is 0 Å². The maximum Gasteiger partial charge on any atom is 0.310 e. The van der Waals surface area contributed by atoms with Crippen LogP contribution in [-0.4, -0.2) is 32.6 Å². The smallest absolute Gasteiger partial charge is 0.310 e. The maximum absolute atomic E-state index is 14.9. The molecular weight excluding hydrogens is 484 g/mol. The van der Waals surface area contributed by atoms with Crippen molar-refractivity contribution in [1.82, 2.24) is 19.7 Å². The van der Waals surface area contributed by atoms with Crippen LogP contribution < -0.4 is 5.73 Å². The minimum atomic E-state index is -9.82. The fourth-order valence-electron chi connectivity index (χ4n) is 3.74. The SMILES string of the molecule is C[C@@H](c1ccc(S(F)(F)(F)(F)F)cc1)N(C)C(=O)c1cc2c(cc1F)nc(N)c1cnn(C)c12. The second kappa shape index (κ2) is 6.78. The van der Waals surface area contributed by atoms with Crippen molar-refractivity contribution in [3.8, 4) is 0 Å². The van der Waals surface area contributed by atoms with E-state index in [-0.39, 0.29) is 34.6 Å². The number of aromatic nitrogens is 3. The zero-order valence-electron chi connectivity index (χ0n) is 18.1. The normalized spacial score (nSPS) is 15.2. The van der Waals surface area contributed by atoms with Crippen LogP contribution in [0.5, 0.6) is 0 Å². The van der Waals surface area contributed by atoms with Gasteiger partial charge in [0, 0.05) is 25.5 Å². The summed E-state index contributed by atoms with van der Waals surface area (Å²) in [4.78, 5) is 16.3. The van der Waals surface area contributed by atoms with Crippen LogP contribution in [-0.2, 0) is 7.05 Å². The molecule has 0 aliphatic rings. The zero-order chi connectivity index (χ0) is 25.3. The number of carbonyl (C=O) groups is 1. The summed E-state index contributed by atoms with van der Waals surface area (Å²) in [5.74, 6) is -1.49. The Kier molecular flexibility index (Phi) is 4.72. The Morgan fingerprint density at radius 2 is 1.71 bits per heavy atom. The number of hydrogen-bond acceptors (Lipinski definition) is 4. The first-order valence-corrected chi connectivity index (χ1v) is 11.7. The van der Waals surface area contributed by atoms with Gasteiger partial charge >= 0.3 is 10.2 Å². The van der Waals surface area contributed by atoms with Gasteiger partial charge in [-0.3, -0.25) is 9.48 Å². The molecule has 2 heterocycles. The number of nitrogen functional groups attached to an aromatic ring is 1. The molecule has 13 heteroatoms. The number of pyridine rings is 1. The van der Waals surface area contributed by atoms with Crippen LogP contribution in [0.15, 0.2) is 47.5 Å². The Balaban J connectivity index is 1.72. The van der Waals surface area contributed by atoms with E-state index in [9.17, 15) is 28.6 Å². The van der Waals surface area contributed by atoms with E-state index in [0.717, 1.165) is 23.1 Å². The number of nitrogens with two attached hydrogens (primary N) is 1. The monoisotopic (exact) mass is 503 g/mol. The molecule has 0 unspecified atom stereocenters. The van der Waals surface area contributed by atoms with E-state index in [2.05, 4.69) is 10.1 Å². The molecule has 0 spiro atoms. The highest BCUT2D eigenvalue weighted by atomic mass is 32.5. The molecule has 0 fully saturated rings. The third-order valence-corrected chi connectivity index (χ3v) is 6.90. The number of hydrogen-bond donors (Lipinski definition) is 1. The number of nitrogens with zero attached hydrogens (tertiary/aromatic N) is 4. The summed E-state index contributed by atoms with van der Waals surface area (Å²) in [5.41, 5.74) is 6.52. The minimum Gasteiger partial charge on any atom is -0.383 e. The van der Waals surface area contributed by atoms with Crippen molar-refractivity contribution in [3.05, 3.63) is 59.5 Å². The predicted molar refractivity (Wildman–Crippen MR) is 119 cm³/mol. The second-order valence-corrected chi connectivity index (χ2v) is 10.4. The Morgan fingerprint density at radius 3 is 2.29 bits per heavy atom. The van der Waals surface area contributed by atoms with E-state index in [1.54, 1.807) is 7.05 Å². The lowest BCUT2D eigenvalue weighted by Gasteiger charge is -2.40. The van der Waals surface area contributed by atoms with Crippen molar-refractivity contribution in [2.24, 2.45) is 7.05 Å². The Labute approximate surface area is 189 Å². The maximum atomic E-state index is 14.9. The number of aryl methyl sites for hydroxylation is 1. The fraction of sp³-hybridized carbons (Fsp3) is 0.190. The Morgan fingerprint density at radius 1 is 1.09 bits per heavy atom. The molecule has 2 aromatic carbocycles. The molecule has 2 aromatic heterocycles. The Hall–Kier alpha value is -3.48. The van der Waals surface area contributed by atoms with E-state index in [0.29, 0.717) is 16.3 Å². The van der Waals surface area contributed by atoms with E-state index in [4.69, 9.17) is 5.73 Å². The van der Waals surface area contributed by atoms with Gasteiger partial charge in [-0.05, 0) is 30.7 Å². The largest absolute Gasteiger partial charge is 0.383 e. The van der Waals surface area contributed by atoms with Gasteiger partial charge in [0.15, 0.2) is 0 Å². The first-order chi connectivity index (χ1) is 15.5. The third-order valence-electron chi connectivity index (χ3n) is 5.74. The molecule has 34 heavy (non-hydrogen) atoms. The quantitative estimate of drug-likeness (QED) is 0.330. The molecule has 2 N–H and O–H groups in total. The van der Waals surface area contributed by atoms with Crippen molar-refractivity contribution in [2.75, 3.05) is 12.8 Å². The fourth-order valence-corrected chi connectivity index (χ4v) is 4.39. The van der Waals surface area contributed by atoms with Crippen LogP contribution in [0.25, 0.3) is 21.8 Å². The highest BCUT2D eigenvalue weighted by Crippen LogP contribution is 3.02. The van der Waals surface area contributed by atoms with Crippen molar-refractivity contribution < 1.29 is 28.6 Å². The van der Waals surface area contributed by atoms with E-state index >= 15 is 0 Å². The summed E-state index contributed by atoms with van der Waals surface area (Å²) in [6.07, 6.45) is 1.49. The first kappa shape index (κ1) is 23.7. The lowest BCUT2D eigenvalue weighted by atomic mass is 10.0. The van der Waals surface area contributed by atoms with Gasteiger partial charge in [-0.1, -0.05) is 31.6 Å². The predicted octanol–water partition coefficient (Wildman–Crippen LogP) is 6.33. The standard InChI is InChI=1S/C21H19F6N5OS/c1-11(12-4-6-13(7-5-12)34(23,24,25,26)27)31(2)21(33)14-8-15-18(9-17(14)22)30-20(28)16-10-29-32(3)19(15)16/h4-11H,1-3H3,(H2,28,30)/t11-/m0/s1. The number of anilines is 1. The van der Waals surface area contributed by atoms with Gasteiger partial charge in [-0.25, -0.2) is 9.37 Å². The molecule has 0 saturated carbocycles. The molecule has 182 valence electrons. The second-order valence-electron chi connectivity index (χ2n) is 8.01. The average molecular weight is 503 g/mol. The summed E-state index contributed by atoms with van der Waals surface area (Å²) in [6, 6.07) is 3.80. The lowest BCUT2D eigenvalue weighted by molar-refractivity contribution is 0.0738. The molecule has 1 atom stereocenters. The number of carbonyl (C=O) groups excluding carboxylic acids is 1. The first-order valence-electron chi connectivity index (χ1n) is 9.79. The van der Waals surface area contributed by atoms with Gasteiger partial charge in [-0.15, -0.1) is 0 Å². The number of benzene rings is 2. The third kappa shape index (κ3) is 4.00. The lowest BCUT2D eigenvalue weighted by Crippen LogP contribution is -2.30. The number of rotatable bonds is 4. The number of halogens is 6. The summed E-state index contributed by atoms with van der Waals surface area (Å²) in [5, 5.41) is 5.06. The molecule has 0 radical (unpaired) electrons. The highest BCUT2D eigenvalue weighted by molar-refractivity contribution is 8.45. The summed E-state index contributed by atoms with van der Waals surface area (Å²) in [7, 11) is -6.84. The average Bonchev–Trinajstić information content (AvgIpc) is 3.13. The topological polar surface area (TPSA) is 77.0 Å². The number of fused-ring (bicyclic) bond motifs is 3. The van der Waals surface area contributed by atoms with Crippen molar-refractivity contribution in [2.45, 2.75) is 17.9 Å². The molecule has 0 bridgehead atoms. The number of amides is 1. The molecule has 4 rings (SSSR count).